The predicted octanol–water partition coefficient (Wildman–Crippen LogP) is 2.99. The molecule has 5 nitrogen and oxygen atoms in total. The van der Waals surface area contributed by atoms with Gasteiger partial charge < -0.3 is 4.74 Å². The maximum atomic E-state index is 13.8. The highest BCUT2D eigenvalue weighted by molar-refractivity contribution is 5.95. The van der Waals surface area contributed by atoms with Crippen molar-refractivity contribution >= 4 is 16.9 Å². The Labute approximate surface area is 144 Å². The molecular weight excluding hydrogens is 321 g/mol. The number of benzene rings is 2. The van der Waals surface area contributed by atoms with Crippen LogP contribution in [0.1, 0.15) is 18.4 Å². The predicted molar refractivity (Wildman–Crippen MR) is 92.2 cm³/mol. The van der Waals surface area contributed by atoms with Crippen molar-refractivity contribution in [2.45, 2.75) is 18.3 Å². The lowest BCUT2D eigenvalue weighted by atomic mass is 9.73. The zero-order valence-electron chi connectivity index (χ0n) is 13.6. The second-order valence-electron chi connectivity index (χ2n) is 6.25. The summed E-state index contributed by atoms with van der Waals surface area (Å²) in [5.41, 5.74) is 4.41. The van der Waals surface area contributed by atoms with Crippen molar-refractivity contribution in [3.8, 4) is 0 Å². The number of carbonyl (C=O) groups is 1. The molecule has 0 radical (unpaired) electrons. The van der Waals surface area contributed by atoms with Crippen LogP contribution in [0.5, 0.6) is 0 Å². The fourth-order valence-electron chi connectivity index (χ4n) is 3.42. The monoisotopic (exact) mass is 339 g/mol. The SMILES string of the molecule is O=C(Nn1cnc2ccccc21)C1(c2cccc(F)c2)CCOCC1. The number of imidazole rings is 1. The Morgan fingerprint density at radius 3 is 2.76 bits per heavy atom. The Morgan fingerprint density at radius 1 is 1.16 bits per heavy atom. The molecule has 0 unspecified atom stereocenters. The summed E-state index contributed by atoms with van der Waals surface area (Å²) in [6, 6.07) is 13.8. The highest BCUT2D eigenvalue weighted by atomic mass is 19.1. The second-order valence-corrected chi connectivity index (χ2v) is 6.25. The first-order chi connectivity index (χ1) is 12.2. The molecule has 1 aromatic heterocycles. The Balaban J connectivity index is 1.71. The van der Waals surface area contributed by atoms with Crippen LogP contribution >= 0.6 is 0 Å². The van der Waals surface area contributed by atoms with E-state index in [9.17, 15) is 9.18 Å². The number of carbonyl (C=O) groups excluding carboxylic acids is 1. The number of nitrogens with one attached hydrogen (secondary N) is 1. The van der Waals surface area contributed by atoms with Gasteiger partial charge in [0.2, 0.25) is 5.91 Å². The molecule has 0 aliphatic carbocycles. The molecule has 1 aliphatic rings. The Kier molecular flexibility index (Phi) is 3.97. The molecule has 1 amide bonds. The minimum atomic E-state index is -0.814. The number of ether oxygens (including phenoxy) is 1. The van der Waals surface area contributed by atoms with Gasteiger partial charge in [0.25, 0.3) is 0 Å². The lowest BCUT2D eigenvalue weighted by Gasteiger charge is -2.36. The lowest BCUT2D eigenvalue weighted by Crippen LogP contribution is -2.47. The Hall–Kier alpha value is -2.73. The van der Waals surface area contributed by atoms with Gasteiger partial charge in [0.05, 0.1) is 16.4 Å². The fraction of sp³-hybridized carbons (Fsp3) is 0.263. The van der Waals surface area contributed by atoms with E-state index in [1.807, 2.05) is 24.3 Å². The number of hydrogen-bond acceptors (Lipinski definition) is 3. The molecule has 0 saturated carbocycles. The fourth-order valence-corrected chi connectivity index (χ4v) is 3.42. The first kappa shape index (κ1) is 15.8. The van der Waals surface area contributed by atoms with Crippen LogP contribution in [0.3, 0.4) is 0 Å². The van der Waals surface area contributed by atoms with Crippen LogP contribution in [0.25, 0.3) is 11.0 Å². The molecule has 2 heterocycles. The van der Waals surface area contributed by atoms with Gasteiger partial charge in [0.15, 0.2) is 0 Å². The molecule has 2 aromatic carbocycles. The smallest absolute Gasteiger partial charge is 0.249 e. The summed E-state index contributed by atoms with van der Waals surface area (Å²) in [6.07, 6.45) is 2.60. The van der Waals surface area contributed by atoms with Gasteiger partial charge in [0.1, 0.15) is 12.1 Å². The first-order valence-corrected chi connectivity index (χ1v) is 8.26. The molecule has 1 fully saturated rings. The highest BCUT2D eigenvalue weighted by Gasteiger charge is 2.42. The van der Waals surface area contributed by atoms with E-state index < -0.39 is 5.41 Å². The van der Waals surface area contributed by atoms with Crippen LogP contribution in [0.4, 0.5) is 4.39 Å². The van der Waals surface area contributed by atoms with Crippen molar-refractivity contribution in [1.82, 2.24) is 9.66 Å². The van der Waals surface area contributed by atoms with E-state index >= 15 is 0 Å². The first-order valence-electron chi connectivity index (χ1n) is 8.26. The molecule has 1 saturated heterocycles. The van der Waals surface area contributed by atoms with Crippen LogP contribution in [0.2, 0.25) is 0 Å². The van der Waals surface area contributed by atoms with Gasteiger partial charge in [-0.3, -0.25) is 10.2 Å². The van der Waals surface area contributed by atoms with Crippen LogP contribution < -0.4 is 5.43 Å². The third-order valence-electron chi connectivity index (χ3n) is 4.83. The van der Waals surface area contributed by atoms with E-state index in [0.717, 1.165) is 11.0 Å². The molecule has 0 atom stereocenters. The number of amides is 1. The number of rotatable bonds is 3. The number of fused-ring (bicyclic) bond motifs is 1. The van der Waals surface area contributed by atoms with Crippen LogP contribution in [0, 0.1) is 5.82 Å². The van der Waals surface area contributed by atoms with Crippen LogP contribution in [-0.4, -0.2) is 28.8 Å². The average molecular weight is 339 g/mol. The number of halogens is 1. The summed E-state index contributed by atoms with van der Waals surface area (Å²) in [4.78, 5) is 17.5. The van der Waals surface area contributed by atoms with Crippen molar-refractivity contribution in [3.63, 3.8) is 0 Å². The quantitative estimate of drug-likeness (QED) is 0.798. The number of para-hydroxylation sites is 2. The zero-order valence-corrected chi connectivity index (χ0v) is 13.6. The third kappa shape index (κ3) is 2.78. The van der Waals surface area contributed by atoms with Crippen molar-refractivity contribution in [2.75, 3.05) is 18.6 Å². The summed E-state index contributed by atoms with van der Waals surface area (Å²) in [7, 11) is 0. The van der Waals surface area contributed by atoms with Gasteiger partial charge in [0, 0.05) is 13.2 Å². The summed E-state index contributed by atoms with van der Waals surface area (Å²) in [5, 5.41) is 0. The van der Waals surface area contributed by atoms with E-state index in [1.54, 1.807) is 23.1 Å². The van der Waals surface area contributed by atoms with Gasteiger partial charge in [-0.15, -0.1) is 0 Å². The average Bonchev–Trinajstić information content (AvgIpc) is 3.05. The van der Waals surface area contributed by atoms with Crippen molar-refractivity contribution in [3.05, 3.63) is 66.2 Å². The summed E-state index contributed by atoms with van der Waals surface area (Å²) in [5.74, 6) is -0.520. The second kappa shape index (κ2) is 6.29. The molecule has 4 rings (SSSR count). The molecule has 1 N–H and O–H groups in total. The Morgan fingerprint density at radius 2 is 1.96 bits per heavy atom. The molecular formula is C19H18FN3O2. The maximum Gasteiger partial charge on any atom is 0.249 e. The van der Waals surface area contributed by atoms with E-state index in [-0.39, 0.29) is 11.7 Å². The largest absolute Gasteiger partial charge is 0.381 e. The molecule has 3 aromatic rings. The standard InChI is InChI=1S/C19H18FN3O2/c20-15-5-3-4-14(12-15)19(8-10-25-11-9-19)18(24)22-23-13-21-16-6-1-2-7-17(16)23/h1-7,12-13H,8-11H2,(H,22,24). The highest BCUT2D eigenvalue weighted by Crippen LogP contribution is 2.36. The minimum absolute atomic E-state index is 0.176. The molecule has 6 heteroatoms. The van der Waals surface area contributed by atoms with Crippen LogP contribution in [0.15, 0.2) is 54.9 Å². The van der Waals surface area contributed by atoms with Gasteiger partial charge in [-0.1, -0.05) is 24.3 Å². The van der Waals surface area contributed by atoms with Gasteiger partial charge >= 0.3 is 0 Å². The van der Waals surface area contributed by atoms with Gasteiger partial charge in [-0.25, -0.2) is 14.1 Å². The van der Waals surface area contributed by atoms with Gasteiger partial charge in [-0.2, -0.15) is 0 Å². The summed E-state index contributed by atoms with van der Waals surface area (Å²) >= 11 is 0. The number of nitrogens with zero attached hydrogens (tertiary/aromatic N) is 2. The van der Waals surface area contributed by atoms with Crippen molar-refractivity contribution in [2.24, 2.45) is 0 Å². The molecule has 128 valence electrons. The summed E-state index contributed by atoms with van der Waals surface area (Å²) in [6.45, 7) is 0.934. The molecule has 25 heavy (non-hydrogen) atoms. The third-order valence-corrected chi connectivity index (χ3v) is 4.83. The minimum Gasteiger partial charge on any atom is -0.381 e. The molecule has 0 bridgehead atoms. The zero-order chi connectivity index (χ0) is 17.3. The normalized spacial score (nSPS) is 16.7. The van der Waals surface area contributed by atoms with Gasteiger partial charge in [-0.05, 0) is 42.7 Å². The number of aromatic nitrogens is 2. The number of hydrogen-bond donors (Lipinski definition) is 1. The topological polar surface area (TPSA) is 56.2 Å². The van der Waals surface area contributed by atoms with Crippen LogP contribution in [-0.2, 0) is 14.9 Å². The van der Waals surface area contributed by atoms with E-state index in [0.29, 0.717) is 31.6 Å². The van der Waals surface area contributed by atoms with E-state index in [1.165, 1.54) is 12.1 Å². The molecule has 1 aliphatic heterocycles. The Bertz CT molecular complexity index is 916. The van der Waals surface area contributed by atoms with Crippen molar-refractivity contribution < 1.29 is 13.9 Å². The molecule has 0 spiro atoms. The lowest BCUT2D eigenvalue weighted by molar-refractivity contribution is -0.126. The van der Waals surface area contributed by atoms with E-state index in [2.05, 4.69) is 10.4 Å². The maximum absolute atomic E-state index is 13.8. The summed E-state index contributed by atoms with van der Waals surface area (Å²) < 4.78 is 20.8. The van der Waals surface area contributed by atoms with E-state index in [4.69, 9.17) is 4.74 Å². The van der Waals surface area contributed by atoms with Crippen molar-refractivity contribution in [1.29, 1.82) is 0 Å².